The van der Waals surface area contributed by atoms with Gasteiger partial charge < -0.3 is 20.1 Å². The molecule has 1 amide bonds. The molecule has 2 aromatic rings. The van der Waals surface area contributed by atoms with Gasteiger partial charge in [0.05, 0.1) is 7.11 Å². The largest absolute Gasteiger partial charge is 0.497 e. The van der Waals surface area contributed by atoms with Crippen LogP contribution in [0.5, 0.6) is 11.5 Å². The molecule has 2 rings (SSSR count). The lowest BCUT2D eigenvalue weighted by Gasteiger charge is -2.16. The Morgan fingerprint density at radius 2 is 1.50 bits per heavy atom. The number of methoxy groups -OCH3 is 1. The van der Waals surface area contributed by atoms with Gasteiger partial charge in [0.15, 0.2) is 0 Å². The number of amides is 1. The molecule has 0 bridgehead atoms. The van der Waals surface area contributed by atoms with Crippen molar-refractivity contribution in [3.8, 4) is 11.5 Å². The third-order valence-electron chi connectivity index (χ3n) is 3.21. The molecule has 0 fully saturated rings. The van der Waals surface area contributed by atoms with Crippen molar-refractivity contribution in [1.82, 2.24) is 0 Å². The highest BCUT2D eigenvalue weighted by Gasteiger charge is 2.13. The first-order chi connectivity index (χ1) is 11.5. The summed E-state index contributed by atoms with van der Waals surface area (Å²) in [6.07, 6.45) is 0. The number of alkyl halides is 2. The molecule has 0 saturated carbocycles. The summed E-state index contributed by atoms with van der Waals surface area (Å²) in [6, 6.07) is 12.4. The first-order valence-electron chi connectivity index (χ1n) is 7.24. The van der Waals surface area contributed by atoms with E-state index in [4.69, 9.17) is 4.74 Å². The summed E-state index contributed by atoms with van der Waals surface area (Å²) in [5.74, 6) is 0.504. The van der Waals surface area contributed by atoms with E-state index in [1.807, 2.05) is 0 Å². The van der Waals surface area contributed by atoms with Crippen molar-refractivity contribution in [3.05, 3.63) is 48.5 Å². The number of anilines is 2. The van der Waals surface area contributed by atoms with Crippen molar-refractivity contribution >= 4 is 17.3 Å². The van der Waals surface area contributed by atoms with Gasteiger partial charge in [0.1, 0.15) is 17.5 Å². The Balaban J connectivity index is 1.90. The summed E-state index contributed by atoms with van der Waals surface area (Å²) in [7, 11) is 1.58. The van der Waals surface area contributed by atoms with E-state index in [0.717, 1.165) is 11.4 Å². The van der Waals surface area contributed by atoms with Crippen LogP contribution in [0.3, 0.4) is 0 Å². The number of hydrogen-bond acceptors (Lipinski definition) is 4. The third kappa shape index (κ3) is 5.12. The molecule has 0 aliphatic rings. The standard InChI is InChI=1S/C17H18F2N2O3/c1-11(20-12-3-7-14(23-2)8-4-12)16(22)21-13-5-9-15(10-6-13)24-17(18)19/h3-11,17,20H,1-2H3,(H,21,22)/t11-/m0/s1. The maximum atomic E-state index is 12.2. The van der Waals surface area contributed by atoms with Crippen molar-refractivity contribution in [2.24, 2.45) is 0 Å². The van der Waals surface area contributed by atoms with Gasteiger partial charge in [-0.1, -0.05) is 0 Å². The highest BCUT2D eigenvalue weighted by Crippen LogP contribution is 2.19. The van der Waals surface area contributed by atoms with E-state index in [9.17, 15) is 13.6 Å². The first kappa shape index (κ1) is 17.5. The molecular formula is C17H18F2N2O3. The molecule has 2 aromatic carbocycles. The van der Waals surface area contributed by atoms with Crippen molar-refractivity contribution in [3.63, 3.8) is 0 Å². The molecule has 0 radical (unpaired) electrons. The number of carbonyl (C=O) groups is 1. The Bertz CT molecular complexity index is 661. The highest BCUT2D eigenvalue weighted by molar-refractivity contribution is 5.96. The number of halogens is 2. The summed E-state index contributed by atoms with van der Waals surface area (Å²) in [4.78, 5) is 12.2. The van der Waals surface area contributed by atoms with Crippen LogP contribution in [0.1, 0.15) is 6.92 Å². The predicted octanol–water partition coefficient (Wildman–Crippen LogP) is 3.74. The Morgan fingerprint density at radius 1 is 0.958 bits per heavy atom. The molecule has 0 aromatic heterocycles. The summed E-state index contributed by atoms with van der Waals surface area (Å²) < 4.78 is 33.5. The Kier molecular flexibility index (Phi) is 5.95. The van der Waals surface area contributed by atoms with E-state index in [-0.39, 0.29) is 11.7 Å². The van der Waals surface area contributed by atoms with Crippen molar-refractivity contribution < 1.29 is 23.0 Å². The number of carbonyl (C=O) groups excluding carboxylic acids is 1. The third-order valence-corrected chi connectivity index (χ3v) is 3.21. The van der Waals surface area contributed by atoms with Gasteiger partial charge in [0, 0.05) is 11.4 Å². The highest BCUT2D eigenvalue weighted by atomic mass is 19.3. The average Bonchev–Trinajstić information content (AvgIpc) is 2.56. The van der Waals surface area contributed by atoms with Crippen LogP contribution in [0, 0.1) is 0 Å². The van der Waals surface area contributed by atoms with Gasteiger partial charge in [-0.15, -0.1) is 0 Å². The summed E-state index contributed by atoms with van der Waals surface area (Å²) in [6.45, 7) is -1.16. The average molecular weight is 336 g/mol. The SMILES string of the molecule is COc1ccc(N[C@@H](C)C(=O)Nc2ccc(OC(F)F)cc2)cc1. The molecule has 24 heavy (non-hydrogen) atoms. The van der Waals surface area contributed by atoms with E-state index < -0.39 is 12.7 Å². The summed E-state index contributed by atoms with van der Waals surface area (Å²) in [5, 5.41) is 5.76. The van der Waals surface area contributed by atoms with Crippen LogP contribution in [0.4, 0.5) is 20.2 Å². The van der Waals surface area contributed by atoms with E-state index in [0.29, 0.717) is 5.69 Å². The van der Waals surface area contributed by atoms with Gasteiger partial charge in [-0.2, -0.15) is 8.78 Å². The molecule has 7 heteroatoms. The molecular weight excluding hydrogens is 318 g/mol. The minimum Gasteiger partial charge on any atom is -0.497 e. The van der Waals surface area contributed by atoms with E-state index in [1.165, 1.54) is 24.3 Å². The molecule has 0 spiro atoms. The number of benzene rings is 2. The van der Waals surface area contributed by atoms with Gasteiger partial charge in [-0.25, -0.2) is 0 Å². The number of ether oxygens (including phenoxy) is 2. The number of nitrogens with one attached hydrogen (secondary N) is 2. The van der Waals surface area contributed by atoms with Crippen LogP contribution in [0.2, 0.25) is 0 Å². The van der Waals surface area contributed by atoms with Crippen LogP contribution in [0.15, 0.2) is 48.5 Å². The second-order valence-corrected chi connectivity index (χ2v) is 4.99. The zero-order valence-electron chi connectivity index (χ0n) is 13.3. The minimum atomic E-state index is -2.88. The van der Waals surface area contributed by atoms with Crippen LogP contribution >= 0.6 is 0 Å². The summed E-state index contributed by atoms with van der Waals surface area (Å²) in [5.41, 5.74) is 1.27. The Labute approximate surface area is 138 Å². The fourth-order valence-corrected chi connectivity index (χ4v) is 1.97. The van der Waals surface area contributed by atoms with Crippen LogP contribution < -0.4 is 20.1 Å². The van der Waals surface area contributed by atoms with Crippen molar-refractivity contribution in [1.29, 1.82) is 0 Å². The van der Waals surface area contributed by atoms with Crippen LogP contribution in [-0.4, -0.2) is 25.7 Å². The lowest BCUT2D eigenvalue weighted by molar-refractivity contribution is -0.116. The maximum Gasteiger partial charge on any atom is 0.387 e. The molecule has 5 nitrogen and oxygen atoms in total. The number of rotatable bonds is 7. The van der Waals surface area contributed by atoms with Crippen LogP contribution in [0.25, 0.3) is 0 Å². The molecule has 0 aliphatic carbocycles. The smallest absolute Gasteiger partial charge is 0.387 e. The molecule has 0 unspecified atom stereocenters. The Hall–Kier alpha value is -2.83. The van der Waals surface area contributed by atoms with Gasteiger partial charge in [-0.05, 0) is 55.5 Å². The molecule has 128 valence electrons. The first-order valence-corrected chi connectivity index (χ1v) is 7.24. The quantitative estimate of drug-likeness (QED) is 0.809. The van der Waals surface area contributed by atoms with Gasteiger partial charge >= 0.3 is 6.61 Å². The second kappa shape index (κ2) is 8.14. The zero-order valence-corrected chi connectivity index (χ0v) is 13.3. The second-order valence-electron chi connectivity index (χ2n) is 4.99. The summed E-state index contributed by atoms with van der Waals surface area (Å²) >= 11 is 0. The monoisotopic (exact) mass is 336 g/mol. The van der Waals surface area contributed by atoms with Crippen LogP contribution in [-0.2, 0) is 4.79 Å². The van der Waals surface area contributed by atoms with Crippen molar-refractivity contribution in [2.75, 3.05) is 17.7 Å². The Morgan fingerprint density at radius 3 is 2.04 bits per heavy atom. The van der Waals surface area contributed by atoms with Gasteiger partial charge in [0.2, 0.25) is 5.91 Å². The maximum absolute atomic E-state index is 12.2. The molecule has 0 aliphatic heterocycles. The fourth-order valence-electron chi connectivity index (χ4n) is 1.97. The van der Waals surface area contributed by atoms with E-state index >= 15 is 0 Å². The lowest BCUT2D eigenvalue weighted by Crippen LogP contribution is -2.31. The normalized spacial score (nSPS) is 11.7. The molecule has 0 saturated heterocycles. The zero-order chi connectivity index (χ0) is 17.5. The predicted molar refractivity (Wildman–Crippen MR) is 87.8 cm³/mol. The molecule has 0 heterocycles. The van der Waals surface area contributed by atoms with Crippen molar-refractivity contribution in [2.45, 2.75) is 19.6 Å². The minimum absolute atomic E-state index is 0.0346. The van der Waals surface area contributed by atoms with E-state index in [1.54, 1.807) is 38.3 Å². The molecule has 2 N–H and O–H groups in total. The lowest BCUT2D eigenvalue weighted by atomic mass is 10.2. The van der Waals surface area contributed by atoms with E-state index in [2.05, 4.69) is 15.4 Å². The fraction of sp³-hybridized carbons (Fsp3) is 0.235. The molecule has 1 atom stereocenters. The van der Waals surface area contributed by atoms with Gasteiger partial charge in [-0.3, -0.25) is 4.79 Å². The number of hydrogen-bond donors (Lipinski definition) is 2. The van der Waals surface area contributed by atoms with Gasteiger partial charge in [0.25, 0.3) is 0 Å². The topological polar surface area (TPSA) is 59.6 Å².